The molecule has 0 N–H and O–H groups in total. The van der Waals surface area contributed by atoms with Gasteiger partial charge in [0.2, 0.25) is 5.91 Å². The maximum Gasteiger partial charge on any atom is 0.222 e. The molecule has 2 rings (SSSR count). The van der Waals surface area contributed by atoms with Crippen molar-refractivity contribution in [1.29, 1.82) is 0 Å². The summed E-state index contributed by atoms with van der Waals surface area (Å²) in [6.07, 6.45) is 1.19. The molecule has 22 heavy (non-hydrogen) atoms. The molecule has 1 aliphatic rings. The van der Waals surface area contributed by atoms with Gasteiger partial charge < -0.3 is 4.90 Å². The van der Waals surface area contributed by atoms with E-state index in [-0.39, 0.29) is 11.7 Å². The molecule has 1 aromatic carbocycles. The molecule has 0 atom stereocenters. The van der Waals surface area contributed by atoms with Gasteiger partial charge >= 0.3 is 0 Å². The normalized spacial score (nSPS) is 16.8. The highest BCUT2D eigenvalue weighted by molar-refractivity contribution is 5.76. The van der Waals surface area contributed by atoms with Crippen LogP contribution in [0.4, 0.5) is 4.39 Å². The third kappa shape index (κ3) is 5.41. The monoisotopic (exact) mass is 306 g/mol. The molecule has 0 saturated carbocycles. The van der Waals surface area contributed by atoms with E-state index in [2.05, 4.69) is 25.7 Å². The van der Waals surface area contributed by atoms with Gasteiger partial charge in [0, 0.05) is 39.1 Å². The zero-order valence-electron chi connectivity index (χ0n) is 13.9. The van der Waals surface area contributed by atoms with Gasteiger partial charge in [0.1, 0.15) is 5.82 Å². The van der Waals surface area contributed by atoms with Crippen molar-refractivity contribution in [3.05, 3.63) is 35.6 Å². The highest BCUT2D eigenvalue weighted by Gasteiger charge is 2.23. The Bertz CT molecular complexity index is 485. The van der Waals surface area contributed by atoms with Gasteiger partial charge in [0.05, 0.1) is 0 Å². The molecule has 0 radical (unpaired) electrons. The summed E-state index contributed by atoms with van der Waals surface area (Å²) in [5.74, 6) is -0.0234. The van der Waals surface area contributed by atoms with Crippen LogP contribution in [0.15, 0.2) is 24.3 Å². The van der Waals surface area contributed by atoms with E-state index >= 15 is 0 Å². The minimum Gasteiger partial charge on any atom is -0.340 e. The molecular formula is C18H27FN2O. The van der Waals surface area contributed by atoms with Crippen LogP contribution in [-0.4, -0.2) is 48.4 Å². The quantitative estimate of drug-likeness (QED) is 0.854. The van der Waals surface area contributed by atoms with Crippen molar-refractivity contribution in [1.82, 2.24) is 9.80 Å². The number of carbonyl (C=O) groups excluding carboxylic acids is 1. The number of halogens is 1. The lowest BCUT2D eigenvalue weighted by Gasteiger charge is -2.37. The van der Waals surface area contributed by atoms with E-state index in [1.807, 2.05) is 4.90 Å². The van der Waals surface area contributed by atoms with Crippen molar-refractivity contribution in [2.24, 2.45) is 5.41 Å². The fourth-order valence-electron chi connectivity index (χ4n) is 2.89. The Kier molecular flexibility index (Phi) is 5.57. The molecule has 0 unspecified atom stereocenters. The van der Waals surface area contributed by atoms with Gasteiger partial charge in [0.25, 0.3) is 0 Å². The van der Waals surface area contributed by atoms with Crippen molar-refractivity contribution in [3.8, 4) is 0 Å². The van der Waals surface area contributed by atoms with Gasteiger partial charge in [-0.3, -0.25) is 9.69 Å². The van der Waals surface area contributed by atoms with Gasteiger partial charge in [-0.1, -0.05) is 32.9 Å². The van der Waals surface area contributed by atoms with Gasteiger partial charge in [-0.2, -0.15) is 0 Å². The van der Waals surface area contributed by atoms with Crippen LogP contribution in [0.3, 0.4) is 0 Å². The van der Waals surface area contributed by atoms with E-state index in [1.54, 1.807) is 12.1 Å². The highest BCUT2D eigenvalue weighted by atomic mass is 19.1. The number of aryl methyl sites for hydroxylation is 1. The molecule has 1 fully saturated rings. The largest absolute Gasteiger partial charge is 0.340 e. The first-order valence-corrected chi connectivity index (χ1v) is 8.08. The molecule has 4 heteroatoms. The van der Waals surface area contributed by atoms with Crippen molar-refractivity contribution >= 4 is 5.91 Å². The summed E-state index contributed by atoms with van der Waals surface area (Å²) in [5.41, 5.74) is 1.32. The number of hydrogen-bond acceptors (Lipinski definition) is 2. The van der Waals surface area contributed by atoms with E-state index < -0.39 is 0 Å². The zero-order chi connectivity index (χ0) is 16.2. The SMILES string of the molecule is CC(C)(C)CN1CCN(C(=O)CCc2ccc(F)cc2)CC1. The Morgan fingerprint density at radius 2 is 1.68 bits per heavy atom. The fourth-order valence-corrected chi connectivity index (χ4v) is 2.89. The molecule has 1 aliphatic heterocycles. The van der Waals surface area contributed by atoms with Crippen molar-refractivity contribution in [2.75, 3.05) is 32.7 Å². The number of carbonyl (C=O) groups is 1. The molecule has 3 nitrogen and oxygen atoms in total. The first-order chi connectivity index (χ1) is 10.3. The van der Waals surface area contributed by atoms with Crippen LogP contribution < -0.4 is 0 Å². The molecule has 0 aliphatic carbocycles. The second-order valence-electron chi connectivity index (χ2n) is 7.34. The smallest absolute Gasteiger partial charge is 0.222 e. The fraction of sp³-hybridized carbons (Fsp3) is 0.611. The summed E-state index contributed by atoms with van der Waals surface area (Å²) in [6, 6.07) is 6.41. The van der Waals surface area contributed by atoms with Crippen LogP contribution in [0.5, 0.6) is 0 Å². The van der Waals surface area contributed by atoms with Crippen LogP contribution in [0.1, 0.15) is 32.8 Å². The summed E-state index contributed by atoms with van der Waals surface area (Å²) >= 11 is 0. The molecule has 0 aromatic heterocycles. The highest BCUT2D eigenvalue weighted by Crippen LogP contribution is 2.17. The summed E-state index contributed by atoms with van der Waals surface area (Å²) in [7, 11) is 0. The Morgan fingerprint density at radius 3 is 2.23 bits per heavy atom. The van der Waals surface area contributed by atoms with Gasteiger partial charge in [-0.05, 0) is 29.5 Å². The van der Waals surface area contributed by atoms with Crippen molar-refractivity contribution < 1.29 is 9.18 Å². The van der Waals surface area contributed by atoms with Gasteiger partial charge in [-0.25, -0.2) is 4.39 Å². The summed E-state index contributed by atoms with van der Waals surface area (Å²) in [5, 5.41) is 0. The molecule has 0 bridgehead atoms. The maximum atomic E-state index is 12.9. The van der Waals surface area contributed by atoms with Crippen LogP contribution in [-0.2, 0) is 11.2 Å². The average Bonchev–Trinajstić information content (AvgIpc) is 2.45. The summed E-state index contributed by atoms with van der Waals surface area (Å²) < 4.78 is 12.9. The molecule has 1 aromatic rings. The minimum atomic E-state index is -0.231. The number of rotatable bonds is 4. The van der Waals surface area contributed by atoms with Crippen LogP contribution in [0, 0.1) is 11.2 Å². The lowest BCUT2D eigenvalue weighted by atomic mass is 9.96. The Labute approximate surface area is 133 Å². The van der Waals surface area contributed by atoms with E-state index in [9.17, 15) is 9.18 Å². The van der Waals surface area contributed by atoms with Crippen LogP contribution in [0.25, 0.3) is 0 Å². The van der Waals surface area contributed by atoms with Crippen LogP contribution in [0.2, 0.25) is 0 Å². The predicted octanol–water partition coefficient (Wildman–Crippen LogP) is 2.95. The van der Waals surface area contributed by atoms with Crippen LogP contribution >= 0.6 is 0 Å². The summed E-state index contributed by atoms with van der Waals surface area (Å²) in [4.78, 5) is 16.7. The second kappa shape index (κ2) is 7.23. The van der Waals surface area contributed by atoms with Gasteiger partial charge in [-0.15, -0.1) is 0 Å². The number of amides is 1. The standard InChI is InChI=1S/C18H27FN2O/c1-18(2,3)14-20-10-12-21(13-11-20)17(22)9-6-15-4-7-16(19)8-5-15/h4-5,7-8H,6,9-14H2,1-3H3. The lowest BCUT2D eigenvalue weighted by molar-refractivity contribution is -0.133. The van der Waals surface area contributed by atoms with E-state index in [0.717, 1.165) is 38.3 Å². The third-order valence-electron chi connectivity index (χ3n) is 3.96. The molecule has 1 saturated heterocycles. The number of nitrogens with zero attached hydrogens (tertiary/aromatic N) is 2. The Hall–Kier alpha value is -1.42. The summed E-state index contributed by atoms with van der Waals surface area (Å²) in [6.45, 7) is 11.4. The molecule has 1 heterocycles. The Balaban J connectivity index is 1.74. The van der Waals surface area contributed by atoms with E-state index in [1.165, 1.54) is 12.1 Å². The third-order valence-corrected chi connectivity index (χ3v) is 3.96. The average molecular weight is 306 g/mol. The van der Waals surface area contributed by atoms with E-state index in [4.69, 9.17) is 0 Å². The number of benzene rings is 1. The lowest BCUT2D eigenvalue weighted by Crippen LogP contribution is -2.50. The number of hydrogen-bond donors (Lipinski definition) is 0. The topological polar surface area (TPSA) is 23.6 Å². The van der Waals surface area contributed by atoms with Crippen molar-refractivity contribution in [2.45, 2.75) is 33.6 Å². The number of piperazine rings is 1. The van der Waals surface area contributed by atoms with Crippen molar-refractivity contribution in [3.63, 3.8) is 0 Å². The molecular weight excluding hydrogens is 279 g/mol. The molecule has 0 spiro atoms. The molecule has 1 amide bonds. The second-order valence-corrected chi connectivity index (χ2v) is 7.34. The predicted molar refractivity (Wildman–Crippen MR) is 87.2 cm³/mol. The van der Waals surface area contributed by atoms with Gasteiger partial charge in [0.15, 0.2) is 0 Å². The first kappa shape index (κ1) is 16.9. The zero-order valence-corrected chi connectivity index (χ0v) is 13.9. The Morgan fingerprint density at radius 1 is 1.09 bits per heavy atom. The first-order valence-electron chi connectivity index (χ1n) is 8.08. The molecule has 122 valence electrons. The minimum absolute atomic E-state index is 0.208. The maximum absolute atomic E-state index is 12.9. The van der Waals surface area contributed by atoms with E-state index in [0.29, 0.717) is 18.3 Å².